The first-order valence-corrected chi connectivity index (χ1v) is 14.5. The van der Waals surface area contributed by atoms with Crippen LogP contribution in [0.4, 0.5) is 15.8 Å². The molecule has 2 heterocycles. The van der Waals surface area contributed by atoms with Gasteiger partial charge in [-0.2, -0.15) is 4.31 Å². The van der Waals surface area contributed by atoms with Crippen molar-refractivity contribution in [2.75, 3.05) is 49.6 Å². The van der Waals surface area contributed by atoms with E-state index in [2.05, 4.69) is 5.32 Å². The van der Waals surface area contributed by atoms with Crippen LogP contribution >= 0.6 is 0 Å². The third-order valence-electron chi connectivity index (χ3n) is 6.30. The van der Waals surface area contributed by atoms with Gasteiger partial charge in [-0.25, -0.2) is 21.2 Å². The van der Waals surface area contributed by atoms with Crippen LogP contribution in [0.2, 0.25) is 0 Å². The lowest BCUT2D eigenvalue weighted by Crippen LogP contribution is -2.41. The Morgan fingerprint density at radius 1 is 1.05 bits per heavy atom. The predicted molar refractivity (Wildman–Crippen MR) is 138 cm³/mol. The number of nitrogens with zero attached hydrogens (tertiary/aromatic N) is 2. The van der Waals surface area contributed by atoms with E-state index in [1.54, 1.807) is 18.2 Å². The molecule has 2 aliphatic heterocycles. The molecule has 0 atom stereocenters. The molecular weight excluding hydrogens is 537 g/mol. The number of carbonyl (C=O) groups excluding carboxylic acids is 1. The smallest absolute Gasteiger partial charge is 0.265 e. The van der Waals surface area contributed by atoms with Crippen molar-refractivity contribution in [2.45, 2.75) is 9.79 Å². The zero-order valence-corrected chi connectivity index (χ0v) is 21.9. The van der Waals surface area contributed by atoms with Gasteiger partial charge in [0.1, 0.15) is 23.0 Å². The van der Waals surface area contributed by atoms with Crippen LogP contribution < -0.4 is 14.4 Å². The largest absolute Gasteiger partial charge is 0.495 e. The van der Waals surface area contributed by atoms with E-state index >= 15 is 0 Å². The van der Waals surface area contributed by atoms with E-state index in [0.717, 1.165) is 10.4 Å². The van der Waals surface area contributed by atoms with E-state index in [9.17, 15) is 26.0 Å². The topological polar surface area (TPSA) is 122 Å². The Hall–Kier alpha value is -3.52. The van der Waals surface area contributed by atoms with Crippen LogP contribution in [0, 0.1) is 5.82 Å². The van der Waals surface area contributed by atoms with E-state index in [0.29, 0.717) is 11.1 Å². The number of sulfonamides is 2. The number of anilines is 2. The Morgan fingerprint density at radius 2 is 1.79 bits per heavy atom. The lowest BCUT2D eigenvalue weighted by Gasteiger charge is -2.31. The highest BCUT2D eigenvalue weighted by Crippen LogP contribution is 2.43. The molecule has 3 aromatic rings. The Kier molecular flexibility index (Phi) is 6.86. The first-order chi connectivity index (χ1) is 18.1. The van der Waals surface area contributed by atoms with Gasteiger partial charge >= 0.3 is 0 Å². The molecule has 0 aromatic heterocycles. The molecule has 2 aliphatic rings. The van der Waals surface area contributed by atoms with E-state index in [4.69, 9.17) is 9.47 Å². The van der Waals surface area contributed by atoms with Crippen LogP contribution in [-0.4, -0.2) is 67.0 Å². The number of amides is 1. The number of morpholine rings is 1. The molecule has 0 radical (unpaired) electrons. The summed E-state index contributed by atoms with van der Waals surface area (Å²) in [6.07, 6.45) is 0. The minimum absolute atomic E-state index is 0.0470. The maximum atomic E-state index is 14.1. The molecule has 0 saturated carbocycles. The van der Waals surface area contributed by atoms with Crippen LogP contribution in [0.5, 0.6) is 5.75 Å². The molecular formula is C25H24FN3O7S2. The maximum Gasteiger partial charge on any atom is 0.265 e. The van der Waals surface area contributed by atoms with Crippen LogP contribution in [0.3, 0.4) is 0 Å². The number of benzene rings is 3. The molecule has 1 fully saturated rings. The van der Waals surface area contributed by atoms with Crippen molar-refractivity contribution in [1.82, 2.24) is 4.31 Å². The van der Waals surface area contributed by atoms with Gasteiger partial charge in [0, 0.05) is 29.9 Å². The van der Waals surface area contributed by atoms with Crippen molar-refractivity contribution >= 4 is 37.3 Å². The second kappa shape index (κ2) is 9.98. The summed E-state index contributed by atoms with van der Waals surface area (Å²) in [6.45, 7) is 0.257. The zero-order chi connectivity index (χ0) is 27.1. The van der Waals surface area contributed by atoms with Gasteiger partial charge in [-0.1, -0.05) is 18.2 Å². The minimum Gasteiger partial charge on any atom is -0.495 e. The van der Waals surface area contributed by atoms with Crippen molar-refractivity contribution in [3.63, 3.8) is 0 Å². The number of carbonyl (C=O) groups is 1. The Morgan fingerprint density at radius 3 is 2.53 bits per heavy atom. The van der Waals surface area contributed by atoms with Crippen molar-refractivity contribution < 1.29 is 35.5 Å². The number of nitrogens with one attached hydrogen (secondary N) is 1. The number of hydrogen-bond acceptors (Lipinski definition) is 7. The SMILES string of the molecule is COc1ccc(NC(=O)CN2c3ccc(F)cc3-c3ccccc3S2(=O)=O)cc1S(=O)(=O)N1CCOCC1. The van der Waals surface area contributed by atoms with E-state index < -0.39 is 38.3 Å². The van der Waals surface area contributed by atoms with Crippen LogP contribution in [0.1, 0.15) is 0 Å². The predicted octanol–water partition coefficient (Wildman–Crippen LogP) is 2.67. The van der Waals surface area contributed by atoms with Crippen molar-refractivity contribution in [2.24, 2.45) is 0 Å². The summed E-state index contributed by atoms with van der Waals surface area (Å²) >= 11 is 0. The Balaban J connectivity index is 1.45. The van der Waals surface area contributed by atoms with Gasteiger partial charge < -0.3 is 14.8 Å². The van der Waals surface area contributed by atoms with Crippen molar-refractivity contribution in [3.8, 4) is 16.9 Å². The summed E-state index contributed by atoms with van der Waals surface area (Å²) in [6, 6.07) is 14.0. The van der Waals surface area contributed by atoms with Crippen LogP contribution in [-0.2, 0) is 29.6 Å². The van der Waals surface area contributed by atoms with Gasteiger partial charge in [0.15, 0.2) is 0 Å². The fourth-order valence-electron chi connectivity index (χ4n) is 4.49. The molecule has 5 rings (SSSR count). The van der Waals surface area contributed by atoms with Crippen molar-refractivity contribution in [1.29, 1.82) is 0 Å². The summed E-state index contributed by atoms with van der Waals surface area (Å²) < 4.78 is 80.1. The summed E-state index contributed by atoms with van der Waals surface area (Å²) in [5.41, 5.74) is 0.973. The fourth-order valence-corrected chi connectivity index (χ4v) is 7.73. The molecule has 13 heteroatoms. The molecule has 0 bridgehead atoms. The second-order valence-corrected chi connectivity index (χ2v) is 12.3. The van der Waals surface area contributed by atoms with Crippen LogP contribution in [0.15, 0.2) is 70.5 Å². The number of halogens is 1. The van der Waals surface area contributed by atoms with Gasteiger partial charge in [-0.15, -0.1) is 0 Å². The Bertz CT molecular complexity index is 1620. The Labute approximate surface area is 219 Å². The van der Waals surface area contributed by atoms with Gasteiger partial charge in [0.25, 0.3) is 10.0 Å². The van der Waals surface area contributed by atoms with E-state index in [1.807, 2.05) is 0 Å². The number of ether oxygens (including phenoxy) is 2. The maximum absolute atomic E-state index is 14.1. The molecule has 10 nitrogen and oxygen atoms in total. The average Bonchev–Trinajstić information content (AvgIpc) is 2.91. The molecule has 1 saturated heterocycles. The van der Waals surface area contributed by atoms with Gasteiger partial charge in [0.2, 0.25) is 15.9 Å². The summed E-state index contributed by atoms with van der Waals surface area (Å²) in [5, 5.41) is 2.58. The van der Waals surface area contributed by atoms with E-state index in [1.165, 1.54) is 47.8 Å². The molecule has 0 unspecified atom stereocenters. The summed E-state index contributed by atoms with van der Waals surface area (Å²) in [7, 11) is -6.75. The third kappa shape index (κ3) is 4.62. The summed E-state index contributed by atoms with van der Waals surface area (Å²) in [5.74, 6) is -1.17. The summed E-state index contributed by atoms with van der Waals surface area (Å²) in [4.78, 5) is 12.9. The molecule has 1 N–H and O–H groups in total. The highest BCUT2D eigenvalue weighted by molar-refractivity contribution is 7.93. The number of methoxy groups -OCH3 is 1. The van der Waals surface area contributed by atoms with E-state index in [-0.39, 0.29) is 53.2 Å². The number of rotatable bonds is 6. The van der Waals surface area contributed by atoms with Gasteiger partial charge in [-0.3, -0.25) is 9.10 Å². The molecule has 0 aliphatic carbocycles. The molecule has 38 heavy (non-hydrogen) atoms. The molecule has 200 valence electrons. The first-order valence-electron chi connectivity index (χ1n) is 11.6. The second-order valence-electron chi connectivity index (χ2n) is 8.60. The normalized spacial score (nSPS) is 16.8. The average molecular weight is 562 g/mol. The highest BCUT2D eigenvalue weighted by Gasteiger charge is 2.36. The third-order valence-corrected chi connectivity index (χ3v) is 10.0. The standard InChI is InChI=1S/C25H24FN3O7S2/c1-35-22-9-7-18(15-24(22)37(31,32)28-10-12-36-13-11-28)27-25(30)16-29-21-8-6-17(26)14-20(21)19-4-2-3-5-23(19)38(29,33)34/h2-9,14-15H,10-13,16H2,1H3,(H,27,30). The highest BCUT2D eigenvalue weighted by atomic mass is 32.2. The van der Waals surface area contributed by atoms with Crippen molar-refractivity contribution in [3.05, 3.63) is 66.5 Å². The molecule has 3 aromatic carbocycles. The monoisotopic (exact) mass is 561 g/mol. The van der Waals surface area contributed by atoms with Gasteiger partial charge in [-0.05, 0) is 42.5 Å². The lowest BCUT2D eigenvalue weighted by molar-refractivity contribution is -0.114. The molecule has 1 amide bonds. The first kappa shape index (κ1) is 26.1. The fraction of sp³-hybridized carbons (Fsp3) is 0.240. The quantitative estimate of drug-likeness (QED) is 0.491. The number of hydrogen-bond donors (Lipinski definition) is 1. The lowest BCUT2D eigenvalue weighted by atomic mass is 10.0. The number of fused-ring (bicyclic) bond motifs is 3. The van der Waals surface area contributed by atoms with Crippen LogP contribution in [0.25, 0.3) is 11.1 Å². The zero-order valence-electron chi connectivity index (χ0n) is 20.3. The molecule has 0 spiro atoms. The van der Waals surface area contributed by atoms with Gasteiger partial charge in [0.05, 0.1) is 30.9 Å². The minimum atomic E-state index is -4.14.